The van der Waals surface area contributed by atoms with Crippen molar-refractivity contribution >= 4 is 17.5 Å². The largest absolute Gasteiger partial charge is 0.490 e. The van der Waals surface area contributed by atoms with E-state index < -0.39 is 4.92 Å². The topological polar surface area (TPSA) is 78.7 Å². The van der Waals surface area contributed by atoms with E-state index >= 15 is 0 Å². The van der Waals surface area contributed by atoms with Crippen molar-refractivity contribution < 1.29 is 19.2 Å². The summed E-state index contributed by atoms with van der Waals surface area (Å²) in [6.07, 6.45) is 4.01. The molecule has 0 amide bonds. The number of benzene rings is 2. The lowest BCUT2D eigenvalue weighted by Gasteiger charge is -2.12. The molecule has 2 rings (SSSR count). The van der Waals surface area contributed by atoms with Crippen LogP contribution in [0.3, 0.4) is 0 Å². The van der Waals surface area contributed by atoms with Crippen LogP contribution in [0.5, 0.6) is 11.5 Å². The second-order valence-electron chi connectivity index (χ2n) is 5.49. The van der Waals surface area contributed by atoms with Crippen LogP contribution in [-0.4, -0.2) is 23.9 Å². The third kappa shape index (κ3) is 5.17. The summed E-state index contributed by atoms with van der Waals surface area (Å²) in [6.45, 7) is 5.04. The average molecular weight is 355 g/mol. The Morgan fingerprint density at radius 3 is 2.42 bits per heavy atom. The van der Waals surface area contributed by atoms with Gasteiger partial charge in [0, 0.05) is 17.7 Å². The molecule has 0 N–H and O–H groups in total. The summed E-state index contributed by atoms with van der Waals surface area (Å²) in [4.78, 5) is 22.4. The summed E-state index contributed by atoms with van der Waals surface area (Å²) in [5.41, 5.74) is 1.14. The molecule has 0 aliphatic rings. The van der Waals surface area contributed by atoms with E-state index in [0.29, 0.717) is 30.3 Å². The van der Waals surface area contributed by atoms with Gasteiger partial charge in [-0.25, -0.2) is 0 Å². The summed E-state index contributed by atoms with van der Waals surface area (Å²) in [5, 5.41) is 10.7. The van der Waals surface area contributed by atoms with Gasteiger partial charge < -0.3 is 9.47 Å². The number of nitro groups is 1. The molecule has 0 saturated heterocycles. The van der Waals surface area contributed by atoms with Crippen LogP contribution in [0, 0.1) is 10.1 Å². The maximum Gasteiger partial charge on any atom is 0.269 e. The highest BCUT2D eigenvalue weighted by molar-refractivity contribution is 6.06. The minimum absolute atomic E-state index is 0.0467. The fraction of sp³-hybridized carbons (Fsp3) is 0.250. The highest BCUT2D eigenvalue weighted by atomic mass is 16.6. The zero-order valence-corrected chi connectivity index (χ0v) is 14.8. The Balaban J connectivity index is 2.14. The zero-order valence-electron chi connectivity index (χ0n) is 14.8. The molecule has 26 heavy (non-hydrogen) atoms. The number of hydrogen-bond donors (Lipinski definition) is 0. The summed E-state index contributed by atoms with van der Waals surface area (Å²) < 4.78 is 11.2. The van der Waals surface area contributed by atoms with E-state index in [2.05, 4.69) is 0 Å². The van der Waals surface area contributed by atoms with Crippen molar-refractivity contribution in [3.05, 3.63) is 69.8 Å². The molecule has 0 unspecified atom stereocenters. The molecule has 6 heteroatoms. The van der Waals surface area contributed by atoms with Crippen LogP contribution in [0.2, 0.25) is 0 Å². The van der Waals surface area contributed by atoms with E-state index in [-0.39, 0.29) is 11.5 Å². The average Bonchev–Trinajstić information content (AvgIpc) is 2.65. The van der Waals surface area contributed by atoms with Crippen molar-refractivity contribution in [1.82, 2.24) is 0 Å². The molecule has 2 aromatic rings. The SMILES string of the molecule is CCCOc1ccc(/C=C/C(=O)c2ccc([N+](=O)[O-])cc2)cc1OCC. The lowest BCUT2D eigenvalue weighted by Crippen LogP contribution is -2.00. The normalized spacial score (nSPS) is 10.7. The molecule has 0 heterocycles. The summed E-state index contributed by atoms with van der Waals surface area (Å²) in [5.74, 6) is 1.07. The molecule has 0 aliphatic heterocycles. The van der Waals surface area contributed by atoms with Gasteiger partial charge in [0.25, 0.3) is 5.69 Å². The molecule has 136 valence electrons. The number of ketones is 1. The van der Waals surface area contributed by atoms with Gasteiger partial charge in [0.1, 0.15) is 0 Å². The van der Waals surface area contributed by atoms with E-state index in [1.807, 2.05) is 32.0 Å². The lowest BCUT2D eigenvalue weighted by molar-refractivity contribution is -0.384. The number of nitro benzene ring substituents is 1. The minimum Gasteiger partial charge on any atom is -0.490 e. The number of nitrogens with zero attached hydrogens (tertiary/aromatic N) is 1. The van der Waals surface area contributed by atoms with Crippen molar-refractivity contribution in [3.8, 4) is 11.5 Å². The first-order valence-corrected chi connectivity index (χ1v) is 8.41. The smallest absolute Gasteiger partial charge is 0.269 e. The van der Waals surface area contributed by atoms with Crippen molar-refractivity contribution in [3.63, 3.8) is 0 Å². The predicted molar refractivity (Wildman–Crippen MR) is 99.9 cm³/mol. The van der Waals surface area contributed by atoms with Gasteiger partial charge in [-0.1, -0.05) is 19.1 Å². The first kappa shape index (κ1) is 19.2. The van der Waals surface area contributed by atoms with E-state index in [1.54, 1.807) is 6.08 Å². The number of non-ortho nitro benzene ring substituents is 1. The van der Waals surface area contributed by atoms with Crippen LogP contribution < -0.4 is 9.47 Å². The summed E-state index contributed by atoms with van der Waals surface area (Å²) >= 11 is 0. The van der Waals surface area contributed by atoms with Crippen molar-refractivity contribution in [1.29, 1.82) is 0 Å². The number of allylic oxidation sites excluding steroid dienone is 1. The van der Waals surface area contributed by atoms with Gasteiger partial charge in [0.2, 0.25) is 0 Å². The summed E-state index contributed by atoms with van der Waals surface area (Å²) in [6, 6.07) is 11.0. The number of hydrogen-bond acceptors (Lipinski definition) is 5. The van der Waals surface area contributed by atoms with E-state index in [1.165, 1.54) is 30.3 Å². The fourth-order valence-corrected chi connectivity index (χ4v) is 2.24. The van der Waals surface area contributed by atoms with Crippen LogP contribution in [0.4, 0.5) is 5.69 Å². The third-order valence-corrected chi connectivity index (χ3v) is 3.52. The minimum atomic E-state index is -0.498. The highest BCUT2D eigenvalue weighted by Gasteiger charge is 2.08. The van der Waals surface area contributed by atoms with Crippen molar-refractivity contribution in [2.45, 2.75) is 20.3 Å². The first-order valence-electron chi connectivity index (χ1n) is 8.41. The monoisotopic (exact) mass is 355 g/mol. The Kier molecular flexibility index (Phi) is 6.91. The van der Waals surface area contributed by atoms with E-state index in [9.17, 15) is 14.9 Å². The fourth-order valence-electron chi connectivity index (χ4n) is 2.24. The Bertz CT molecular complexity index is 796. The van der Waals surface area contributed by atoms with Gasteiger partial charge in [-0.15, -0.1) is 0 Å². The molecule has 0 bridgehead atoms. The number of rotatable bonds is 9. The standard InChI is InChI=1S/C20H21NO5/c1-3-13-26-19-12-6-15(14-20(19)25-4-2)5-11-18(22)16-7-9-17(10-8-16)21(23)24/h5-12,14H,3-4,13H2,1-2H3/b11-5+. The first-order chi connectivity index (χ1) is 12.5. The molecule has 0 atom stereocenters. The molecule has 0 fully saturated rings. The molecule has 0 spiro atoms. The molecule has 2 aromatic carbocycles. The molecule has 6 nitrogen and oxygen atoms in total. The van der Waals surface area contributed by atoms with Gasteiger partial charge in [-0.2, -0.15) is 0 Å². The third-order valence-electron chi connectivity index (χ3n) is 3.52. The van der Waals surface area contributed by atoms with Crippen molar-refractivity contribution in [2.75, 3.05) is 13.2 Å². The zero-order chi connectivity index (χ0) is 18.9. The second-order valence-corrected chi connectivity index (χ2v) is 5.49. The highest BCUT2D eigenvalue weighted by Crippen LogP contribution is 2.29. The predicted octanol–water partition coefficient (Wildman–Crippen LogP) is 4.68. The van der Waals surface area contributed by atoms with Gasteiger partial charge >= 0.3 is 0 Å². The molecule has 0 aromatic heterocycles. The van der Waals surface area contributed by atoms with E-state index in [4.69, 9.17) is 9.47 Å². The Labute approximate surface area is 152 Å². The van der Waals surface area contributed by atoms with Gasteiger partial charge in [0.05, 0.1) is 18.1 Å². The van der Waals surface area contributed by atoms with Crippen LogP contribution >= 0.6 is 0 Å². The van der Waals surface area contributed by atoms with Gasteiger partial charge in [0.15, 0.2) is 17.3 Å². The number of carbonyl (C=O) groups is 1. The maximum absolute atomic E-state index is 12.2. The van der Waals surface area contributed by atoms with Crippen LogP contribution in [-0.2, 0) is 0 Å². The van der Waals surface area contributed by atoms with Crippen LogP contribution in [0.15, 0.2) is 48.5 Å². The molecule has 0 radical (unpaired) electrons. The maximum atomic E-state index is 12.2. The molecule has 0 aliphatic carbocycles. The van der Waals surface area contributed by atoms with Crippen molar-refractivity contribution in [2.24, 2.45) is 0 Å². The quantitative estimate of drug-likeness (QED) is 0.282. The van der Waals surface area contributed by atoms with E-state index in [0.717, 1.165) is 12.0 Å². The molecular formula is C20H21NO5. The van der Waals surface area contributed by atoms with Crippen LogP contribution in [0.25, 0.3) is 6.08 Å². The Morgan fingerprint density at radius 2 is 1.81 bits per heavy atom. The Hall–Kier alpha value is -3.15. The Morgan fingerprint density at radius 1 is 1.08 bits per heavy atom. The number of ether oxygens (including phenoxy) is 2. The van der Waals surface area contributed by atoms with Crippen LogP contribution in [0.1, 0.15) is 36.2 Å². The van der Waals surface area contributed by atoms with Gasteiger partial charge in [-0.05, 0) is 49.2 Å². The number of carbonyl (C=O) groups excluding carboxylic acids is 1. The van der Waals surface area contributed by atoms with Gasteiger partial charge in [-0.3, -0.25) is 14.9 Å². The molecule has 0 saturated carbocycles. The second kappa shape index (κ2) is 9.36. The molecular weight excluding hydrogens is 334 g/mol. The summed E-state index contributed by atoms with van der Waals surface area (Å²) in [7, 11) is 0. The lowest BCUT2D eigenvalue weighted by atomic mass is 10.1.